The number of nitrogens with zero attached hydrogens (tertiary/aromatic N) is 2. The minimum absolute atomic E-state index is 0.0208. The zero-order valence-corrected chi connectivity index (χ0v) is 13.4. The topological polar surface area (TPSA) is 96.5 Å². The van der Waals surface area contributed by atoms with Crippen molar-refractivity contribution >= 4 is 12.3 Å². The highest BCUT2D eigenvalue weighted by molar-refractivity contribution is 5.74. The van der Waals surface area contributed by atoms with Gasteiger partial charge in [0.1, 0.15) is 6.04 Å². The molecule has 22 heavy (non-hydrogen) atoms. The molecule has 1 aromatic heterocycles. The van der Waals surface area contributed by atoms with Gasteiger partial charge in [0.2, 0.25) is 0 Å². The monoisotopic (exact) mass is 307 g/mol. The number of hydrogen-bond acceptors (Lipinski definition) is 5. The first-order chi connectivity index (χ1) is 10.4. The van der Waals surface area contributed by atoms with Crippen LogP contribution in [0.15, 0.2) is 18.5 Å². The predicted molar refractivity (Wildman–Crippen MR) is 84.7 cm³/mol. The summed E-state index contributed by atoms with van der Waals surface area (Å²) in [5.41, 5.74) is 6.99. The number of carboxylic acid groups (broad SMARTS) is 1. The molecule has 1 aliphatic rings. The number of aromatic nitrogens is 1. The molecule has 122 valence electrons. The molecular formula is C16H25N3O3. The highest BCUT2D eigenvalue weighted by atomic mass is 16.4. The van der Waals surface area contributed by atoms with Gasteiger partial charge in [0, 0.05) is 24.0 Å². The Kier molecular flexibility index (Phi) is 7.14. The first-order valence-corrected chi connectivity index (χ1v) is 7.45. The van der Waals surface area contributed by atoms with Crippen molar-refractivity contribution in [3.8, 4) is 0 Å². The number of carbonyl (C=O) groups is 2. The van der Waals surface area contributed by atoms with E-state index in [1.165, 1.54) is 12.8 Å². The van der Waals surface area contributed by atoms with E-state index in [1.54, 1.807) is 20.0 Å². The van der Waals surface area contributed by atoms with Crippen molar-refractivity contribution in [3.63, 3.8) is 0 Å². The molecule has 1 aromatic rings. The van der Waals surface area contributed by atoms with Gasteiger partial charge in [-0.1, -0.05) is 13.8 Å². The third-order valence-corrected chi connectivity index (χ3v) is 3.83. The summed E-state index contributed by atoms with van der Waals surface area (Å²) >= 11 is 0. The molecule has 2 rings (SSSR count). The normalized spacial score (nSPS) is 19.4. The maximum Gasteiger partial charge on any atom is 0.320 e. The van der Waals surface area contributed by atoms with E-state index in [0.717, 1.165) is 18.4 Å². The number of nitrogens with two attached hydrogens (primary N) is 1. The van der Waals surface area contributed by atoms with Gasteiger partial charge in [-0.25, -0.2) is 0 Å². The molecule has 1 saturated heterocycles. The predicted octanol–water partition coefficient (Wildman–Crippen LogP) is 1.72. The Morgan fingerprint density at radius 3 is 2.59 bits per heavy atom. The van der Waals surface area contributed by atoms with Crippen molar-refractivity contribution in [2.75, 3.05) is 13.6 Å². The van der Waals surface area contributed by atoms with Crippen LogP contribution in [0.25, 0.3) is 0 Å². The zero-order valence-electron chi connectivity index (χ0n) is 13.4. The van der Waals surface area contributed by atoms with Crippen molar-refractivity contribution in [2.45, 2.75) is 38.8 Å². The van der Waals surface area contributed by atoms with Gasteiger partial charge in [-0.05, 0) is 44.0 Å². The van der Waals surface area contributed by atoms with Crippen LogP contribution in [0.2, 0.25) is 0 Å². The minimum atomic E-state index is -0.931. The van der Waals surface area contributed by atoms with E-state index in [1.807, 2.05) is 12.3 Å². The van der Waals surface area contributed by atoms with Gasteiger partial charge >= 0.3 is 5.97 Å². The van der Waals surface area contributed by atoms with Crippen LogP contribution in [0.1, 0.15) is 48.7 Å². The Balaban J connectivity index is 0.000000261. The summed E-state index contributed by atoms with van der Waals surface area (Å²) in [6, 6.07) is 1.67. The highest BCUT2D eigenvalue weighted by Crippen LogP contribution is 2.29. The zero-order chi connectivity index (χ0) is 16.7. The molecule has 0 amide bonds. The Morgan fingerprint density at radius 1 is 1.50 bits per heavy atom. The lowest BCUT2D eigenvalue weighted by Gasteiger charge is -2.19. The van der Waals surface area contributed by atoms with E-state index >= 15 is 0 Å². The summed E-state index contributed by atoms with van der Waals surface area (Å²) in [7, 11) is 2.12. The molecule has 0 spiro atoms. The molecule has 3 N–H and O–H groups in total. The van der Waals surface area contributed by atoms with Crippen molar-refractivity contribution < 1.29 is 14.7 Å². The second-order valence-electron chi connectivity index (χ2n) is 5.92. The third-order valence-electron chi connectivity index (χ3n) is 3.83. The number of likely N-dealkylation sites (tertiary alicyclic amines) is 1. The standard InChI is InChI=1S/C11H14N2O.C5H11NO2/c1-13-4-2-3-11(13)10-5-9(8-14)6-12-7-10;1-3(2)4(6)5(7)8/h5-8,11H,2-4H2,1H3;3-4H,6H2,1-2H3,(H,7,8)/t;4-/m.0/s1. The minimum Gasteiger partial charge on any atom is -0.480 e. The van der Waals surface area contributed by atoms with Gasteiger partial charge in [-0.15, -0.1) is 0 Å². The molecule has 0 aliphatic carbocycles. The average Bonchev–Trinajstić information content (AvgIpc) is 2.93. The maximum atomic E-state index is 10.6. The molecule has 1 fully saturated rings. The van der Waals surface area contributed by atoms with Crippen molar-refractivity contribution in [1.29, 1.82) is 0 Å². The van der Waals surface area contributed by atoms with Gasteiger partial charge < -0.3 is 10.8 Å². The van der Waals surface area contributed by atoms with Crippen LogP contribution in [0.4, 0.5) is 0 Å². The number of pyridine rings is 1. The third kappa shape index (κ3) is 5.20. The van der Waals surface area contributed by atoms with E-state index in [-0.39, 0.29) is 5.92 Å². The smallest absolute Gasteiger partial charge is 0.320 e. The van der Waals surface area contributed by atoms with Crippen LogP contribution in [-0.2, 0) is 4.79 Å². The summed E-state index contributed by atoms with van der Waals surface area (Å²) in [4.78, 5) is 27.0. The molecule has 0 radical (unpaired) electrons. The summed E-state index contributed by atoms with van der Waals surface area (Å²) < 4.78 is 0. The quantitative estimate of drug-likeness (QED) is 0.822. The van der Waals surface area contributed by atoms with Crippen LogP contribution in [0, 0.1) is 5.92 Å². The Hall–Kier alpha value is -1.79. The first-order valence-electron chi connectivity index (χ1n) is 7.45. The van der Waals surface area contributed by atoms with Gasteiger partial charge in [0.25, 0.3) is 0 Å². The van der Waals surface area contributed by atoms with E-state index in [0.29, 0.717) is 11.6 Å². The number of hydrogen-bond donors (Lipinski definition) is 2. The van der Waals surface area contributed by atoms with Crippen LogP contribution >= 0.6 is 0 Å². The molecule has 1 aliphatic heterocycles. The molecule has 0 saturated carbocycles. The van der Waals surface area contributed by atoms with Crippen LogP contribution in [0.5, 0.6) is 0 Å². The Morgan fingerprint density at radius 2 is 2.18 bits per heavy atom. The highest BCUT2D eigenvalue weighted by Gasteiger charge is 2.22. The lowest BCUT2D eigenvalue weighted by atomic mass is 10.1. The van der Waals surface area contributed by atoms with Gasteiger partial charge in [-0.3, -0.25) is 19.5 Å². The SMILES string of the molecule is CC(C)[C@H](N)C(=O)O.CN1CCCC1c1cncc(C=O)c1. The Bertz CT molecular complexity index is 505. The molecular weight excluding hydrogens is 282 g/mol. The molecule has 1 unspecified atom stereocenters. The van der Waals surface area contributed by atoms with E-state index in [4.69, 9.17) is 10.8 Å². The van der Waals surface area contributed by atoms with Crippen LogP contribution < -0.4 is 5.73 Å². The maximum absolute atomic E-state index is 10.6. The second kappa shape index (κ2) is 8.60. The first kappa shape index (κ1) is 18.3. The van der Waals surface area contributed by atoms with Crippen molar-refractivity contribution in [2.24, 2.45) is 11.7 Å². The van der Waals surface area contributed by atoms with E-state index in [9.17, 15) is 9.59 Å². The summed E-state index contributed by atoms with van der Waals surface area (Å²) in [6.45, 7) is 4.69. The molecule has 2 heterocycles. The summed E-state index contributed by atoms with van der Waals surface area (Å²) in [5.74, 6) is -0.910. The number of carbonyl (C=O) groups excluding carboxylic acids is 1. The molecule has 0 bridgehead atoms. The van der Waals surface area contributed by atoms with Crippen LogP contribution in [0.3, 0.4) is 0 Å². The average molecular weight is 307 g/mol. The van der Waals surface area contributed by atoms with Crippen molar-refractivity contribution in [1.82, 2.24) is 9.88 Å². The lowest BCUT2D eigenvalue weighted by Crippen LogP contribution is -2.34. The largest absolute Gasteiger partial charge is 0.480 e. The van der Waals surface area contributed by atoms with Gasteiger partial charge in [0.15, 0.2) is 6.29 Å². The second-order valence-corrected chi connectivity index (χ2v) is 5.92. The molecule has 6 heteroatoms. The summed E-state index contributed by atoms with van der Waals surface area (Å²) in [6.07, 6.45) is 6.71. The molecule has 0 aromatic carbocycles. The fraction of sp³-hybridized carbons (Fsp3) is 0.562. The lowest BCUT2D eigenvalue weighted by molar-refractivity contribution is -0.139. The Labute approximate surface area is 131 Å². The number of aldehydes is 1. The number of rotatable bonds is 4. The number of aliphatic carboxylic acids is 1. The molecule has 6 nitrogen and oxygen atoms in total. The van der Waals surface area contributed by atoms with E-state index in [2.05, 4.69) is 16.9 Å². The fourth-order valence-electron chi connectivity index (χ4n) is 2.34. The van der Waals surface area contributed by atoms with Gasteiger partial charge in [0.05, 0.1) is 0 Å². The van der Waals surface area contributed by atoms with Crippen LogP contribution in [-0.4, -0.2) is 46.9 Å². The molecule has 2 atom stereocenters. The van der Waals surface area contributed by atoms with Gasteiger partial charge in [-0.2, -0.15) is 0 Å². The van der Waals surface area contributed by atoms with Crippen molar-refractivity contribution in [3.05, 3.63) is 29.6 Å². The fourth-order valence-corrected chi connectivity index (χ4v) is 2.34. The summed E-state index contributed by atoms with van der Waals surface area (Å²) in [5, 5.41) is 8.23. The number of carboxylic acids is 1. The van der Waals surface area contributed by atoms with E-state index < -0.39 is 12.0 Å².